The molecular weight excluding hydrogens is 276 g/mol. The average molecular weight is 296 g/mol. The number of nitrogens with zero attached hydrogens (tertiary/aromatic N) is 2. The largest absolute Gasteiger partial charge is 0.382 e. The van der Waals surface area contributed by atoms with Gasteiger partial charge in [0.25, 0.3) is 0 Å². The van der Waals surface area contributed by atoms with Crippen LogP contribution in [0.2, 0.25) is 0 Å². The quantitative estimate of drug-likeness (QED) is 0.812. The van der Waals surface area contributed by atoms with Crippen LogP contribution in [0.1, 0.15) is 11.8 Å². The monoisotopic (exact) mass is 296 g/mol. The molecule has 0 aliphatic rings. The molecule has 0 aliphatic carbocycles. The van der Waals surface area contributed by atoms with Crippen LogP contribution in [-0.2, 0) is 15.9 Å². The lowest BCUT2D eigenvalue weighted by molar-refractivity contribution is 0.0365. The van der Waals surface area contributed by atoms with Crippen molar-refractivity contribution < 1.29 is 9.47 Å². The van der Waals surface area contributed by atoms with Gasteiger partial charge in [-0.15, -0.1) is 11.3 Å². The van der Waals surface area contributed by atoms with Gasteiger partial charge >= 0.3 is 0 Å². The van der Waals surface area contributed by atoms with Crippen LogP contribution in [-0.4, -0.2) is 43.4 Å². The molecule has 20 heavy (non-hydrogen) atoms. The van der Waals surface area contributed by atoms with Crippen molar-refractivity contribution in [2.45, 2.75) is 19.4 Å². The van der Waals surface area contributed by atoms with Crippen LogP contribution >= 0.6 is 11.3 Å². The summed E-state index contributed by atoms with van der Waals surface area (Å²) in [5.41, 5.74) is 5.76. The fourth-order valence-corrected chi connectivity index (χ4v) is 2.88. The lowest BCUT2D eigenvalue weighted by atomic mass is 10.3. The van der Waals surface area contributed by atoms with Crippen LogP contribution in [0, 0.1) is 0 Å². The number of aromatic nitrogens is 2. The van der Waals surface area contributed by atoms with Crippen molar-refractivity contribution >= 4 is 33.3 Å². The molecule has 0 saturated heterocycles. The minimum Gasteiger partial charge on any atom is -0.382 e. The van der Waals surface area contributed by atoms with Crippen molar-refractivity contribution in [1.82, 2.24) is 9.97 Å². The van der Waals surface area contributed by atoms with Crippen LogP contribution in [0.5, 0.6) is 0 Å². The van der Waals surface area contributed by atoms with E-state index in [-0.39, 0.29) is 12.1 Å². The Morgan fingerprint density at radius 2 is 2.20 bits per heavy atom. The molecule has 2 heterocycles. The Bertz CT molecular complexity index is 573. The molecule has 110 valence electrons. The van der Waals surface area contributed by atoms with Gasteiger partial charge in [-0.25, -0.2) is 4.98 Å². The zero-order chi connectivity index (χ0) is 14.5. The number of anilines is 2. The van der Waals surface area contributed by atoms with Crippen LogP contribution in [0.4, 0.5) is 11.8 Å². The molecule has 0 saturated carbocycles. The van der Waals surface area contributed by atoms with E-state index in [1.807, 2.05) is 0 Å². The highest BCUT2D eigenvalue weighted by atomic mass is 32.1. The minimum atomic E-state index is -0.0319. The number of rotatable bonds is 7. The summed E-state index contributed by atoms with van der Waals surface area (Å²) in [6.45, 7) is 3.25. The molecule has 3 N–H and O–H groups in total. The summed E-state index contributed by atoms with van der Waals surface area (Å²) in [7, 11) is 3.31. The van der Waals surface area contributed by atoms with E-state index in [2.05, 4.69) is 28.3 Å². The van der Waals surface area contributed by atoms with Crippen molar-refractivity contribution in [2.24, 2.45) is 0 Å². The Morgan fingerprint density at radius 3 is 2.85 bits per heavy atom. The molecule has 7 heteroatoms. The van der Waals surface area contributed by atoms with Crippen molar-refractivity contribution in [2.75, 3.05) is 38.4 Å². The lowest BCUT2D eigenvalue weighted by Crippen LogP contribution is -2.27. The first-order chi connectivity index (χ1) is 9.67. The predicted molar refractivity (Wildman–Crippen MR) is 82.4 cm³/mol. The molecule has 1 unspecified atom stereocenters. The maximum absolute atomic E-state index is 5.76. The Kier molecular flexibility index (Phi) is 5.11. The maximum atomic E-state index is 5.76. The first-order valence-corrected chi connectivity index (χ1v) is 7.31. The van der Waals surface area contributed by atoms with E-state index in [9.17, 15) is 0 Å². The Balaban J connectivity index is 2.21. The summed E-state index contributed by atoms with van der Waals surface area (Å²) in [4.78, 5) is 10.7. The summed E-state index contributed by atoms with van der Waals surface area (Å²) in [6, 6.07) is 2.11. The molecule has 6 nitrogen and oxygen atoms in total. The third-order valence-electron chi connectivity index (χ3n) is 2.99. The molecule has 0 aromatic carbocycles. The highest BCUT2D eigenvalue weighted by molar-refractivity contribution is 7.18. The fraction of sp³-hybridized carbons (Fsp3) is 0.538. The average Bonchev–Trinajstić information content (AvgIpc) is 2.86. The molecule has 0 bridgehead atoms. The highest BCUT2D eigenvalue weighted by Gasteiger charge is 2.12. The Morgan fingerprint density at radius 1 is 1.40 bits per heavy atom. The normalized spacial score (nSPS) is 12.8. The van der Waals surface area contributed by atoms with E-state index in [0.717, 1.165) is 22.5 Å². The number of thiophene rings is 1. The van der Waals surface area contributed by atoms with Crippen molar-refractivity contribution in [3.8, 4) is 0 Å². The number of ether oxygens (including phenoxy) is 2. The Hall–Kier alpha value is -1.44. The van der Waals surface area contributed by atoms with E-state index in [1.165, 1.54) is 4.88 Å². The van der Waals surface area contributed by atoms with Crippen LogP contribution in [0.15, 0.2) is 6.07 Å². The van der Waals surface area contributed by atoms with Crippen molar-refractivity contribution in [1.29, 1.82) is 0 Å². The zero-order valence-electron chi connectivity index (χ0n) is 12.0. The SMILES string of the molecule is CCc1cc2c(NCC(COC)OC)nc(N)nc2s1. The number of nitrogens with two attached hydrogens (primary N) is 1. The van der Waals surface area contributed by atoms with Gasteiger partial charge in [0.1, 0.15) is 10.6 Å². The third kappa shape index (κ3) is 3.36. The lowest BCUT2D eigenvalue weighted by Gasteiger charge is -2.15. The molecule has 0 spiro atoms. The molecule has 2 rings (SSSR count). The second-order valence-corrected chi connectivity index (χ2v) is 5.52. The summed E-state index contributed by atoms with van der Waals surface area (Å²) >= 11 is 1.65. The molecule has 0 radical (unpaired) electrons. The number of nitrogens with one attached hydrogen (secondary N) is 1. The van der Waals surface area contributed by atoms with Gasteiger partial charge in [0.2, 0.25) is 5.95 Å². The van der Waals surface area contributed by atoms with Gasteiger partial charge in [-0.05, 0) is 12.5 Å². The predicted octanol–water partition coefficient (Wildman–Crippen LogP) is 1.91. The zero-order valence-corrected chi connectivity index (χ0v) is 12.8. The van der Waals surface area contributed by atoms with Gasteiger partial charge in [0.15, 0.2) is 0 Å². The van der Waals surface area contributed by atoms with Gasteiger partial charge < -0.3 is 20.5 Å². The first kappa shape index (κ1) is 15.0. The number of hydrogen-bond donors (Lipinski definition) is 2. The van der Waals surface area contributed by atoms with E-state index < -0.39 is 0 Å². The fourth-order valence-electron chi connectivity index (χ4n) is 1.90. The topological polar surface area (TPSA) is 82.3 Å². The van der Waals surface area contributed by atoms with Crippen LogP contribution in [0.3, 0.4) is 0 Å². The number of aryl methyl sites for hydroxylation is 1. The first-order valence-electron chi connectivity index (χ1n) is 6.49. The van der Waals surface area contributed by atoms with Crippen molar-refractivity contribution in [3.63, 3.8) is 0 Å². The maximum Gasteiger partial charge on any atom is 0.223 e. The molecule has 0 fully saturated rings. The summed E-state index contributed by atoms with van der Waals surface area (Å²) in [5.74, 6) is 1.03. The second kappa shape index (κ2) is 6.83. The number of hydrogen-bond acceptors (Lipinski definition) is 7. The van der Waals surface area contributed by atoms with Crippen LogP contribution in [0.25, 0.3) is 10.2 Å². The van der Waals surface area contributed by atoms with E-state index in [4.69, 9.17) is 15.2 Å². The number of nitrogen functional groups attached to an aromatic ring is 1. The van der Waals surface area contributed by atoms with Gasteiger partial charge in [-0.3, -0.25) is 0 Å². The molecular formula is C13H20N4O2S. The van der Waals surface area contributed by atoms with Gasteiger partial charge in [0.05, 0.1) is 18.1 Å². The summed E-state index contributed by atoms with van der Waals surface area (Å²) in [5, 5.41) is 4.28. The van der Waals surface area contributed by atoms with Gasteiger partial charge in [-0.2, -0.15) is 4.98 Å². The van der Waals surface area contributed by atoms with E-state index in [1.54, 1.807) is 25.6 Å². The summed E-state index contributed by atoms with van der Waals surface area (Å²) in [6.07, 6.45) is 0.945. The van der Waals surface area contributed by atoms with Crippen LogP contribution < -0.4 is 11.1 Å². The van der Waals surface area contributed by atoms with E-state index in [0.29, 0.717) is 13.2 Å². The van der Waals surface area contributed by atoms with Gasteiger partial charge in [-0.1, -0.05) is 6.92 Å². The molecule has 0 amide bonds. The summed E-state index contributed by atoms with van der Waals surface area (Å²) < 4.78 is 10.4. The standard InChI is InChI=1S/C13H20N4O2S/c1-4-9-5-10-11(15-6-8(19-3)7-18-2)16-13(14)17-12(10)20-9/h5,8H,4,6-7H2,1-3H3,(H3,14,15,16,17). The highest BCUT2D eigenvalue weighted by Crippen LogP contribution is 2.29. The number of methoxy groups -OCH3 is 2. The Labute approximate surface area is 122 Å². The molecule has 2 aromatic rings. The van der Waals surface area contributed by atoms with Gasteiger partial charge in [0, 0.05) is 25.6 Å². The molecule has 0 aliphatic heterocycles. The molecule has 1 atom stereocenters. The second-order valence-electron chi connectivity index (χ2n) is 4.41. The molecule has 2 aromatic heterocycles. The smallest absolute Gasteiger partial charge is 0.223 e. The third-order valence-corrected chi connectivity index (χ3v) is 4.17. The minimum absolute atomic E-state index is 0.0319. The number of fused-ring (bicyclic) bond motifs is 1. The van der Waals surface area contributed by atoms with Crippen molar-refractivity contribution in [3.05, 3.63) is 10.9 Å². The van der Waals surface area contributed by atoms with E-state index >= 15 is 0 Å².